The van der Waals surface area contributed by atoms with Crippen LogP contribution in [0.3, 0.4) is 0 Å². The molecule has 17 heavy (non-hydrogen) atoms. The van der Waals surface area contributed by atoms with Crippen molar-refractivity contribution in [2.75, 3.05) is 27.7 Å². The summed E-state index contributed by atoms with van der Waals surface area (Å²) in [5, 5.41) is 0. The zero-order chi connectivity index (χ0) is 13.6. The van der Waals surface area contributed by atoms with E-state index in [9.17, 15) is 0 Å². The Labute approximate surface area is 109 Å². The van der Waals surface area contributed by atoms with E-state index in [-0.39, 0.29) is 0 Å². The van der Waals surface area contributed by atoms with Crippen molar-refractivity contribution in [2.45, 2.75) is 59.5 Å². The molecular weight excluding hydrogens is 208 g/mol. The van der Waals surface area contributed by atoms with Gasteiger partial charge in [-0.05, 0) is 59.3 Å². The summed E-state index contributed by atoms with van der Waals surface area (Å²) in [4.78, 5) is 4.87. The lowest BCUT2D eigenvalue weighted by atomic mass is 9.97. The van der Waals surface area contributed by atoms with Crippen LogP contribution in [0.4, 0.5) is 0 Å². The fourth-order valence-electron chi connectivity index (χ4n) is 2.45. The predicted octanol–water partition coefficient (Wildman–Crippen LogP) is 3.33. The van der Waals surface area contributed by atoms with Crippen molar-refractivity contribution in [1.29, 1.82) is 0 Å². The Bertz CT molecular complexity index is 179. The quantitative estimate of drug-likeness (QED) is 0.644. The summed E-state index contributed by atoms with van der Waals surface area (Å²) >= 11 is 0. The van der Waals surface area contributed by atoms with Crippen molar-refractivity contribution in [2.24, 2.45) is 11.8 Å². The molecule has 0 N–H and O–H groups in total. The van der Waals surface area contributed by atoms with Gasteiger partial charge in [0.15, 0.2) is 0 Å². The van der Waals surface area contributed by atoms with Gasteiger partial charge in [-0.1, -0.05) is 27.7 Å². The molecule has 0 saturated carbocycles. The van der Waals surface area contributed by atoms with E-state index >= 15 is 0 Å². The zero-order valence-corrected chi connectivity index (χ0v) is 13.3. The van der Waals surface area contributed by atoms with Crippen molar-refractivity contribution >= 4 is 0 Å². The zero-order valence-electron chi connectivity index (χ0n) is 13.3. The van der Waals surface area contributed by atoms with Gasteiger partial charge < -0.3 is 9.80 Å². The SMILES string of the molecule is CC(C)C(CCCN(C)C(C)C(C)C)N(C)C. The molecule has 0 aromatic heterocycles. The van der Waals surface area contributed by atoms with Crippen LogP contribution in [0.1, 0.15) is 47.5 Å². The second kappa shape index (κ2) is 8.10. The highest BCUT2D eigenvalue weighted by Crippen LogP contribution is 2.15. The molecule has 0 amide bonds. The van der Waals surface area contributed by atoms with E-state index in [1.807, 2.05) is 0 Å². The lowest BCUT2D eigenvalue weighted by Crippen LogP contribution is -2.36. The molecule has 0 saturated heterocycles. The lowest BCUT2D eigenvalue weighted by molar-refractivity contribution is 0.177. The van der Waals surface area contributed by atoms with Crippen LogP contribution >= 0.6 is 0 Å². The minimum Gasteiger partial charge on any atom is -0.306 e. The van der Waals surface area contributed by atoms with Gasteiger partial charge in [-0.25, -0.2) is 0 Å². The van der Waals surface area contributed by atoms with Gasteiger partial charge >= 0.3 is 0 Å². The molecule has 0 radical (unpaired) electrons. The number of hydrogen-bond donors (Lipinski definition) is 0. The molecule has 2 nitrogen and oxygen atoms in total. The van der Waals surface area contributed by atoms with Crippen LogP contribution in [0.5, 0.6) is 0 Å². The molecule has 2 unspecified atom stereocenters. The first-order valence-corrected chi connectivity index (χ1v) is 7.14. The Morgan fingerprint density at radius 2 is 1.35 bits per heavy atom. The maximum atomic E-state index is 2.50. The number of hydrogen-bond acceptors (Lipinski definition) is 2. The highest BCUT2D eigenvalue weighted by molar-refractivity contribution is 4.72. The Balaban J connectivity index is 3.96. The molecular formula is C15H34N2. The monoisotopic (exact) mass is 242 g/mol. The summed E-state index contributed by atoms with van der Waals surface area (Å²) in [7, 11) is 6.65. The van der Waals surface area contributed by atoms with E-state index in [2.05, 4.69) is 65.6 Å². The number of rotatable bonds is 8. The minimum atomic E-state index is 0.687. The molecule has 0 fully saturated rings. The van der Waals surface area contributed by atoms with E-state index in [4.69, 9.17) is 0 Å². The van der Waals surface area contributed by atoms with E-state index in [0.29, 0.717) is 6.04 Å². The molecule has 0 aliphatic rings. The summed E-state index contributed by atoms with van der Waals surface area (Å²) in [6, 6.07) is 1.41. The highest BCUT2D eigenvalue weighted by Gasteiger charge is 2.17. The Morgan fingerprint density at radius 3 is 1.71 bits per heavy atom. The topological polar surface area (TPSA) is 6.48 Å². The van der Waals surface area contributed by atoms with Gasteiger partial charge in [-0.15, -0.1) is 0 Å². The fourth-order valence-corrected chi connectivity index (χ4v) is 2.45. The summed E-state index contributed by atoms with van der Waals surface area (Å²) in [5.41, 5.74) is 0. The molecule has 0 bridgehead atoms. The minimum absolute atomic E-state index is 0.687. The van der Waals surface area contributed by atoms with Crippen LogP contribution in [0.15, 0.2) is 0 Å². The van der Waals surface area contributed by atoms with Crippen molar-refractivity contribution in [3.8, 4) is 0 Å². The van der Waals surface area contributed by atoms with Crippen LogP contribution < -0.4 is 0 Å². The standard InChI is InChI=1S/C15H34N2/c1-12(2)14(5)17(8)11-9-10-15(13(3)4)16(6)7/h12-15H,9-11H2,1-8H3. The highest BCUT2D eigenvalue weighted by atomic mass is 15.1. The third-order valence-electron chi connectivity index (χ3n) is 4.10. The summed E-state index contributed by atoms with van der Waals surface area (Å²) in [5.74, 6) is 1.49. The molecule has 0 heterocycles. The first-order valence-electron chi connectivity index (χ1n) is 7.14. The van der Waals surface area contributed by atoms with Crippen molar-refractivity contribution in [3.63, 3.8) is 0 Å². The lowest BCUT2D eigenvalue weighted by Gasteiger charge is -2.31. The Kier molecular flexibility index (Phi) is 8.06. The average Bonchev–Trinajstić information content (AvgIpc) is 2.21. The Morgan fingerprint density at radius 1 is 0.824 bits per heavy atom. The van der Waals surface area contributed by atoms with E-state index in [1.165, 1.54) is 19.4 Å². The molecule has 2 atom stereocenters. The maximum absolute atomic E-state index is 2.50. The molecule has 0 aromatic carbocycles. The van der Waals surface area contributed by atoms with Crippen molar-refractivity contribution in [3.05, 3.63) is 0 Å². The third-order valence-corrected chi connectivity index (χ3v) is 4.10. The predicted molar refractivity (Wildman–Crippen MR) is 78.5 cm³/mol. The second-order valence-corrected chi connectivity index (χ2v) is 6.38. The van der Waals surface area contributed by atoms with Gasteiger partial charge in [-0.3, -0.25) is 0 Å². The van der Waals surface area contributed by atoms with E-state index in [1.54, 1.807) is 0 Å². The van der Waals surface area contributed by atoms with Crippen LogP contribution in [0.2, 0.25) is 0 Å². The van der Waals surface area contributed by atoms with E-state index < -0.39 is 0 Å². The fraction of sp³-hybridized carbons (Fsp3) is 1.00. The third kappa shape index (κ3) is 6.42. The van der Waals surface area contributed by atoms with Crippen molar-refractivity contribution in [1.82, 2.24) is 9.80 Å². The van der Waals surface area contributed by atoms with Gasteiger partial charge in [0.1, 0.15) is 0 Å². The van der Waals surface area contributed by atoms with Gasteiger partial charge in [0.2, 0.25) is 0 Å². The van der Waals surface area contributed by atoms with Crippen LogP contribution in [0, 0.1) is 11.8 Å². The van der Waals surface area contributed by atoms with Crippen LogP contribution in [-0.4, -0.2) is 49.6 Å². The second-order valence-electron chi connectivity index (χ2n) is 6.38. The first kappa shape index (κ1) is 16.9. The molecule has 0 aliphatic carbocycles. The molecule has 0 aliphatic heterocycles. The van der Waals surface area contributed by atoms with Gasteiger partial charge in [-0.2, -0.15) is 0 Å². The molecule has 2 heteroatoms. The smallest absolute Gasteiger partial charge is 0.0113 e. The van der Waals surface area contributed by atoms with E-state index in [0.717, 1.165) is 17.9 Å². The van der Waals surface area contributed by atoms with Crippen LogP contribution in [-0.2, 0) is 0 Å². The summed E-state index contributed by atoms with van der Waals surface area (Å²) in [6.07, 6.45) is 2.61. The Hall–Kier alpha value is -0.0800. The molecule has 104 valence electrons. The van der Waals surface area contributed by atoms with Crippen LogP contribution in [0.25, 0.3) is 0 Å². The average molecular weight is 242 g/mol. The maximum Gasteiger partial charge on any atom is 0.0113 e. The summed E-state index contributed by atoms with van der Waals surface area (Å²) < 4.78 is 0. The number of nitrogens with zero attached hydrogens (tertiary/aromatic N) is 2. The first-order chi connectivity index (χ1) is 7.77. The largest absolute Gasteiger partial charge is 0.306 e. The summed E-state index contributed by atoms with van der Waals surface area (Å²) in [6.45, 7) is 12.8. The molecule has 0 spiro atoms. The normalized spacial score (nSPS) is 16.2. The van der Waals surface area contributed by atoms with Gasteiger partial charge in [0, 0.05) is 12.1 Å². The van der Waals surface area contributed by atoms with Gasteiger partial charge in [0.05, 0.1) is 0 Å². The molecule has 0 aromatic rings. The molecule has 0 rings (SSSR count). The van der Waals surface area contributed by atoms with Gasteiger partial charge in [0.25, 0.3) is 0 Å². The van der Waals surface area contributed by atoms with Crippen molar-refractivity contribution < 1.29 is 0 Å².